The number of methoxy groups -OCH3 is 1. The molecule has 23 heavy (non-hydrogen) atoms. The normalized spacial score (nSPS) is 11.6. The Labute approximate surface area is 138 Å². The number of nitrogens with zero attached hydrogens (tertiary/aromatic N) is 1. The lowest BCUT2D eigenvalue weighted by Crippen LogP contribution is -2.29. The van der Waals surface area contributed by atoms with Crippen molar-refractivity contribution in [2.24, 2.45) is 0 Å². The van der Waals surface area contributed by atoms with Crippen molar-refractivity contribution in [3.63, 3.8) is 0 Å². The van der Waals surface area contributed by atoms with Crippen LogP contribution in [0.2, 0.25) is 0 Å². The Kier molecular flexibility index (Phi) is 5.70. The zero-order chi connectivity index (χ0) is 16.8. The number of rotatable bonds is 6. The Morgan fingerprint density at radius 2 is 2.00 bits per heavy atom. The molecule has 0 aliphatic rings. The molecule has 0 saturated carbocycles. The third-order valence-electron chi connectivity index (χ3n) is 3.15. The summed E-state index contributed by atoms with van der Waals surface area (Å²) in [5.74, 6) is 0.329. The molecule has 1 aromatic heterocycles. The van der Waals surface area contributed by atoms with Crippen molar-refractivity contribution in [2.75, 3.05) is 12.4 Å². The van der Waals surface area contributed by atoms with Crippen molar-refractivity contribution in [3.05, 3.63) is 40.9 Å². The molecule has 2 N–H and O–H groups in total. The van der Waals surface area contributed by atoms with Gasteiger partial charge in [0.15, 0.2) is 5.13 Å². The van der Waals surface area contributed by atoms with Crippen LogP contribution in [-0.2, 0) is 9.59 Å². The fraction of sp³-hybridized carbons (Fsp3) is 0.312. The van der Waals surface area contributed by atoms with Gasteiger partial charge in [-0.05, 0) is 24.6 Å². The maximum atomic E-state index is 12.2. The minimum Gasteiger partial charge on any atom is -0.497 e. The average Bonchev–Trinajstić information content (AvgIpc) is 2.91. The quantitative estimate of drug-likeness (QED) is 0.852. The molecule has 0 radical (unpaired) electrons. The summed E-state index contributed by atoms with van der Waals surface area (Å²) in [4.78, 5) is 27.8. The highest BCUT2D eigenvalue weighted by Crippen LogP contribution is 2.22. The van der Waals surface area contributed by atoms with Crippen LogP contribution in [-0.4, -0.2) is 23.9 Å². The number of aromatic nitrogens is 1. The van der Waals surface area contributed by atoms with Gasteiger partial charge in [0.1, 0.15) is 5.75 Å². The molecular formula is C16H19N3O3S. The Balaban J connectivity index is 2.07. The molecule has 122 valence electrons. The summed E-state index contributed by atoms with van der Waals surface area (Å²) in [7, 11) is 1.59. The Morgan fingerprint density at radius 1 is 1.30 bits per heavy atom. The van der Waals surface area contributed by atoms with Gasteiger partial charge >= 0.3 is 0 Å². The number of thiazole rings is 1. The second-order valence-corrected chi connectivity index (χ2v) is 5.93. The van der Waals surface area contributed by atoms with E-state index in [1.807, 2.05) is 24.4 Å². The predicted octanol–water partition coefficient (Wildman–Crippen LogP) is 2.67. The molecule has 0 spiro atoms. The summed E-state index contributed by atoms with van der Waals surface area (Å²) in [6.07, 6.45) is 0.130. The molecule has 2 rings (SSSR count). The first-order chi connectivity index (χ1) is 11.0. The molecule has 2 aromatic rings. The second-order valence-electron chi connectivity index (χ2n) is 5.07. The van der Waals surface area contributed by atoms with Crippen molar-refractivity contribution in [3.8, 4) is 5.75 Å². The number of amides is 2. The zero-order valence-corrected chi connectivity index (χ0v) is 14.1. The number of benzene rings is 1. The van der Waals surface area contributed by atoms with Gasteiger partial charge in [-0.3, -0.25) is 9.59 Å². The summed E-state index contributed by atoms with van der Waals surface area (Å²) in [5.41, 5.74) is 1.70. The smallest absolute Gasteiger partial charge is 0.228 e. The van der Waals surface area contributed by atoms with Crippen LogP contribution < -0.4 is 15.4 Å². The topological polar surface area (TPSA) is 80.3 Å². The van der Waals surface area contributed by atoms with Gasteiger partial charge in [0, 0.05) is 12.3 Å². The van der Waals surface area contributed by atoms with Crippen molar-refractivity contribution < 1.29 is 14.3 Å². The molecule has 0 aliphatic carbocycles. The molecule has 0 aliphatic heterocycles. The van der Waals surface area contributed by atoms with Gasteiger partial charge in [-0.15, -0.1) is 11.3 Å². The lowest BCUT2D eigenvalue weighted by atomic mass is 10.0. The van der Waals surface area contributed by atoms with Gasteiger partial charge in [-0.1, -0.05) is 12.1 Å². The van der Waals surface area contributed by atoms with Crippen molar-refractivity contribution in [1.82, 2.24) is 10.3 Å². The van der Waals surface area contributed by atoms with E-state index >= 15 is 0 Å². The van der Waals surface area contributed by atoms with Gasteiger partial charge in [-0.25, -0.2) is 4.98 Å². The summed E-state index contributed by atoms with van der Waals surface area (Å²) >= 11 is 1.37. The van der Waals surface area contributed by atoms with Crippen LogP contribution in [0.3, 0.4) is 0 Å². The number of nitrogens with one attached hydrogen (secondary N) is 2. The average molecular weight is 333 g/mol. The fourth-order valence-corrected chi connectivity index (χ4v) is 2.81. The molecule has 1 heterocycles. The van der Waals surface area contributed by atoms with Gasteiger partial charge in [-0.2, -0.15) is 0 Å². The Bertz CT molecular complexity index is 682. The summed E-state index contributed by atoms with van der Waals surface area (Å²) in [6.45, 7) is 3.29. The van der Waals surface area contributed by atoms with E-state index in [4.69, 9.17) is 4.74 Å². The summed E-state index contributed by atoms with van der Waals surface area (Å²) < 4.78 is 5.12. The van der Waals surface area contributed by atoms with Crippen LogP contribution in [0.5, 0.6) is 5.75 Å². The monoisotopic (exact) mass is 333 g/mol. The molecule has 7 heteroatoms. The summed E-state index contributed by atoms with van der Waals surface area (Å²) in [6, 6.07) is 6.86. The highest BCUT2D eigenvalue weighted by Gasteiger charge is 2.18. The fourth-order valence-electron chi connectivity index (χ4n) is 2.10. The first-order valence-electron chi connectivity index (χ1n) is 7.11. The van der Waals surface area contributed by atoms with Crippen LogP contribution in [0.25, 0.3) is 0 Å². The maximum absolute atomic E-state index is 12.2. The van der Waals surface area contributed by atoms with Gasteiger partial charge < -0.3 is 15.4 Å². The maximum Gasteiger partial charge on any atom is 0.228 e. The van der Waals surface area contributed by atoms with Crippen LogP contribution >= 0.6 is 11.3 Å². The number of ether oxygens (including phenoxy) is 1. The molecule has 6 nitrogen and oxygen atoms in total. The summed E-state index contributed by atoms with van der Waals surface area (Å²) in [5, 5.41) is 7.97. The van der Waals surface area contributed by atoms with E-state index in [9.17, 15) is 9.59 Å². The molecule has 0 saturated heterocycles. The van der Waals surface area contributed by atoms with Crippen LogP contribution in [0.4, 0.5) is 5.13 Å². The largest absolute Gasteiger partial charge is 0.497 e. The zero-order valence-electron chi connectivity index (χ0n) is 13.3. The van der Waals surface area contributed by atoms with Gasteiger partial charge in [0.25, 0.3) is 0 Å². The molecular weight excluding hydrogens is 314 g/mol. The number of hydrogen-bond donors (Lipinski definition) is 2. The van der Waals surface area contributed by atoms with Crippen LogP contribution in [0.1, 0.15) is 30.6 Å². The molecule has 1 unspecified atom stereocenters. The number of aryl methyl sites for hydroxylation is 1. The molecule has 1 atom stereocenters. The number of hydrogen-bond acceptors (Lipinski definition) is 5. The van der Waals surface area contributed by atoms with Crippen molar-refractivity contribution in [2.45, 2.75) is 26.3 Å². The highest BCUT2D eigenvalue weighted by atomic mass is 32.1. The lowest BCUT2D eigenvalue weighted by molar-refractivity contribution is -0.120. The SMILES string of the molecule is COc1ccc(C(CC(=O)Nc2nc(C)cs2)NC(C)=O)cc1. The van der Waals surface area contributed by atoms with Gasteiger partial charge in [0.2, 0.25) is 11.8 Å². The second kappa shape index (κ2) is 7.73. The molecule has 1 aromatic carbocycles. The van der Waals surface area contributed by atoms with Gasteiger partial charge in [0.05, 0.1) is 25.3 Å². The van der Waals surface area contributed by atoms with E-state index in [1.54, 1.807) is 19.2 Å². The van der Waals surface area contributed by atoms with Crippen LogP contribution in [0.15, 0.2) is 29.6 Å². The number of carbonyl (C=O) groups excluding carboxylic acids is 2. The number of carbonyl (C=O) groups is 2. The predicted molar refractivity (Wildman–Crippen MR) is 89.6 cm³/mol. The highest BCUT2D eigenvalue weighted by molar-refractivity contribution is 7.13. The third kappa shape index (κ3) is 5.07. The minimum atomic E-state index is -0.403. The van der Waals surface area contributed by atoms with E-state index in [-0.39, 0.29) is 18.2 Å². The first kappa shape index (κ1) is 17.0. The van der Waals surface area contributed by atoms with Crippen molar-refractivity contribution >= 4 is 28.3 Å². The van der Waals surface area contributed by atoms with E-state index in [1.165, 1.54) is 18.3 Å². The third-order valence-corrected chi connectivity index (χ3v) is 4.03. The molecule has 0 bridgehead atoms. The standard InChI is InChI=1S/C16H19N3O3S/c1-10-9-23-16(17-10)19-15(21)8-14(18-11(2)20)12-4-6-13(22-3)7-5-12/h4-7,9,14H,8H2,1-3H3,(H,18,20)(H,17,19,21). The van der Waals surface area contributed by atoms with E-state index in [0.29, 0.717) is 5.13 Å². The van der Waals surface area contributed by atoms with E-state index in [0.717, 1.165) is 17.0 Å². The minimum absolute atomic E-state index is 0.130. The Morgan fingerprint density at radius 3 is 2.52 bits per heavy atom. The van der Waals surface area contributed by atoms with Crippen LogP contribution in [0, 0.1) is 6.92 Å². The van der Waals surface area contributed by atoms with E-state index < -0.39 is 6.04 Å². The van der Waals surface area contributed by atoms with E-state index in [2.05, 4.69) is 15.6 Å². The first-order valence-corrected chi connectivity index (χ1v) is 7.99. The lowest BCUT2D eigenvalue weighted by Gasteiger charge is -2.18. The molecule has 2 amide bonds. The Hall–Kier alpha value is -2.41. The number of anilines is 1. The molecule has 0 fully saturated rings. The van der Waals surface area contributed by atoms with Crippen molar-refractivity contribution in [1.29, 1.82) is 0 Å².